The molecule has 134 valence electrons. The Labute approximate surface area is 149 Å². The molecular formula is C20H27N3O2. The number of benzene rings is 1. The minimum Gasteiger partial charge on any atom is -0.396 e. The van der Waals surface area contributed by atoms with Crippen LogP contribution in [-0.2, 0) is 0 Å². The molecule has 3 N–H and O–H groups in total. The first-order chi connectivity index (χ1) is 12.0. The Hall–Kier alpha value is -2.40. The molecular weight excluding hydrogens is 314 g/mol. The number of amides is 2. The minimum absolute atomic E-state index is 0.112. The highest BCUT2D eigenvalue weighted by atomic mass is 16.3. The molecule has 1 aromatic carbocycles. The van der Waals surface area contributed by atoms with Gasteiger partial charge in [-0.1, -0.05) is 50.2 Å². The smallest absolute Gasteiger partial charge is 0.315 e. The van der Waals surface area contributed by atoms with Gasteiger partial charge in [0.25, 0.3) is 0 Å². The number of aliphatic hydroxyl groups is 1. The van der Waals surface area contributed by atoms with Gasteiger partial charge in [-0.3, -0.25) is 4.98 Å². The number of nitrogens with zero attached hydrogens (tertiary/aromatic N) is 1. The zero-order valence-electron chi connectivity index (χ0n) is 14.9. The molecule has 0 saturated carbocycles. The van der Waals surface area contributed by atoms with Gasteiger partial charge in [0.15, 0.2) is 0 Å². The van der Waals surface area contributed by atoms with Gasteiger partial charge in [0.05, 0.1) is 11.7 Å². The quantitative estimate of drug-likeness (QED) is 0.645. The molecule has 2 rings (SSSR count). The Kier molecular flexibility index (Phi) is 6.95. The molecule has 0 radical (unpaired) electrons. The number of urea groups is 1. The first kappa shape index (κ1) is 18.9. The summed E-state index contributed by atoms with van der Waals surface area (Å²) in [5.74, 6) is 0. The molecule has 0 saturated heterocycles. The molecule has 0 aliphatic carbocycles. The molecule has 5 heteroatoms. The number of nitrogens with one attached hydrogen (secondary N) is 2. The largest absolute Gasteiger partial charge is 0.396 e. The third kappa shape index (κ3) is 6.19. The molecule has 2 amide bonds. The van der Waals surface area contributed by atoms with Gasteiger partial charge in [0, 0.05) is 19.3 Å². The van der Waals surface area contributed by atoms with Crippen molar-refractivity contribution in [3.63, 3.8) is 0 Å². The summed E-state index contributed by atoms with van der Waals surface area (Å²) >= 11 is 0. The van der Waals surface area contributed by atoms with Crippen LogP contribution in [0.3, 0.4) is 0 Å². The third-order valence-corrected chi connectivity index (χ3v) is 4.14. The van der Waals surface area contributed by atoms with E-state index in [0.717, 1.165) is 24.1 Å². The van der Waals surface area contributed by atoms with Crippen LogP contribution in [0.5, 0.6) is 0 Å². The molecule has 0 aliphatic rings. The first-order valence-corrected chi connectivity index (χ1v) is 8.63. The Balaban J connectivity index is 1.95. The van der Waals surface area contributed by atoms with Crippen molar-refractivity contribution >= 4 is 6.03 Å². The summed E-state index contributed by atoms with van der Waals surface area (Å²) in [4.78, 5) is 16.7. The number of carbonyl (C=O) groups is 1. The van der Waals surface area contributed by atoms with Gasteiger partial charge in [-0.15, -0.1) is 0 Å². The maximum atomic E-state index is 12.3. The number of rotatable bonds is 8. The van der Waals surface area contributed by atoms with Crippen LogP contribution in [0, 0.1) is 5.41 Å². The van der Waals surface area contributed by atoms with Crippen LogP contribution in [0.4, 0.5) is 4.79 Å². The van der Waals surface area contributed by atoms with Gasteiger partial charge in [-0.05, 0) is 36.0 Å². The van der Waals surface area contributed by atoms with Crippen LogP contribution >= 0.6 is 0 Å². The van der Waals surface area contributed by atoms with Crippen LogP contribution < -0.4 is 10.6 Å². The lowest BCUT2D eigenvalue weighted by Gasteiger charge is -2.22. The number of aromatic nitrogens is 1. The predicted molar refractivity (Wildman–Crippen MR) is 99.2 cm³/mol. The van der Waals surface area contributed by atoms with Crippen molar-refractivity contribution in [2.75, 3.05) is 13.2 Å². The van der Waals surface area contributed by atoms with Crippen molar-refractivity contribution in [2.24, 2.45) is 5.41 Å². The summed E-state index contributed by atoms with van der Waals surface area (Å²) in [6.07, 6.45) is 3.40. The van der Waals surface area contributed by atoms with E-state index in [2.05, 4.69) is 15.6 Å². The lowest BCUT2D eigenvalue weighted by atomic mass is 9.89. The summed E-state index contributed by atoms with van der Waals surface area (Å²) < 4.78 is 0. The Morgan fingerprint density at radius 2 is 1.88 bits per heavy atom. The van der Waals surface area contributed by atoms with Crippen molar-refractivity contribution in [2.45, 2.75) is 32.7 Å². The van der Waals surface area contributed by atoms with Crippen LogP contribution in [0.25, 0.3) is 0 Å². The lowest BCUT2D eigenvalue weighted by molar-refractivity contribution is 0.148. The zero-order chi connectivity index (χ0) is 18.1. The van der Waals surface area contributed by atoms with E-state index in [1.54, 1.807) is 6.20 Å². The normalized spacial score (nSPS) is 12.4. The molecule has 1 aromatic heterocycles. The van der Waals surface area contributed by atoms with Crippen molar-refractivity contribution < 1.29 is 9.90 Å². The SMILES string of the molecule is CC(C)(CO)CCCNC(=O)NC(c1ccccc1)c1ccccn1. The second-order valence-electron chi connectivity index (χ2n) is 6.92. The van der Waals surface area contributed by atoms with E-state index < -0.39 is 0 Å². The van der Waals surface area contributed by atoms with Crippen molar-refractivity contribution in [3.05, 3.63) is 66.0 Å². The van der Waals surface area contributed by atoms with E-state index in [-0.39, 0.29) is 24.1 Å². The van der Waals surface area contributed by atoms with Gasteiger partial charge in [0.1, 0.15) is 0 Å². The van der Waals surface area contributed by atoms with E-state index in [4.69, 9.17) is 0 Å². The molecule has 1 heterocycles. The number of pyridine rings is 1. The summed E-state index contributed by atoms with van der Waals surface area (Å²) in [5, 5.41) is 15.2. The van der Waals surface area contributed by atoms with E-state index in [0.29, 0.717) is 6.54 Å². The zero-order valence-corrected chi connectivity index (χ0v) is 14.9. The van der Waals surface area contributed by atoms with E-state index in [1.165, 1.54) is 0 Å². The molecule has 1 atom stereocenters. The minimum atomic E-state index is -0.295. The number of hydrogen-bond donors (Lipinski definition) is 3. The Morgan fingerprint density at radius 1 is 1.16 bits per heavy atom. The number of carbonyl (C=O) groups excluding carboxylic acids is 1. The summed E-state index contributed by atoms with van der Waals surface area (Å²) in [6.45, 7) is 4.74. The van der Waals surface area contributed by atoms with E-state index in [1.807, 2.05) is 62.4 Å². The first-order valence-electron chi connectivity index (χ1n) is 8.63. The highest BCUT2D eigenvalue weighted by Crippen LogP contribution is 2.21. The highest BCUT2D eigenvalue weighted by Gasteiger charge is 2.18. The monoisotopic (exact) mass is 341 g/mol. The van der Waals surface area contributed by atoms with Gasteiger partial charge >= 0.3 is 6.03 Å². The van der Waals surface area contributed by atoms with E-state index in [9.17, 15) is 9.90 Å². The number of aliphatic hydroxyl groups excluding tert-OH is 1. The van der Waals surface area contributed by atoms with E-state index >= 15 is 0 Å². The van der Waals surface area contributed by atoms with Crippen LogP contribution in [0.1, 0.15) is 44.0 Å². The molecule has 0 bridgehead atoms. The number of hydrogen-bond acceptors (Lipinski definition) is 3. The van der Waals surface area contributed by atoms with Crippen molar-refractivity contribution in [1.82, 2.24) is 15.6 Å². The molecule has 2 aromatic rings. The summed E-state index contributed by atoms with van der Waals surface area (Å²) in [5.41, 5.74) is 1.67. The summed E-state index contributed by atoms with van der Waals surface area (Å²) in [7, 11) is 0. The fraction of sp³-hybridized carbons (Fsp3) is 0.400. The molecule has 25 heavy (non-hydrogen) atoms. The molecule has 0 aliphatic heterocycles. The third-order valence-electron chi connectivity index (χ3n) is 4.14. The average molecular weight is 341 g/mol. The molecule has 0 fully saturated rings. The van der Waals surface area contributed by atoms with Crippen LogP contribution in [0.2, 0.25) is 0 Å². The van der Waals surface area contributed by atoms with Crippen LogP contribution in [0.15, 0.2) is 54.7 Å². The van der Waals surface area contributed by atoms with Gasteiger partial charge in [0.2, 0.25) is 0 Å². The highest BCUT2D eigenvalue weighted by molar-refractivity contribution is 5.74. The fourth-order valence-corrected chi connectivity index (χ4v) is 2.55. The predicted octanol–water partition coefficient (Wildman–Crippen LogP) is 3.27. The van der Waals surface area contributed by atoms with Gasteiger partial charge in [-0.25, -0.2) is 4.79 Å². The maximum absolute atomic E-state index is 12.3. The Morgan fingerprint density at radius 3 is 2.52 bits per heavy atom. The van der Waals surface area contributed by atoms with Crippen molar-refractivity contribution in [1.29, 1.82) is 0 Å². The maximum Gasteiger partial charge on any atom is 0.315 e. The van der Waals surface area contributed by atoms with Gasteiger partial charge in [-0.2, -0.15) is 0 Å². The standard InChI is InChI=1S/C20H27N3O2/c1-20(2,15-24)12-8-14-22-19(25)23-18(16-9-4-3-5-10-16)17-11-6-7-13-21-17/h3-7,9-11,13,18,24H,8,12,14-15H2,1-2H3,(H2,22,23,25). The topological polar surface area (TPSA) is 74.2 Å². The van der Waals surface area contributed by atoms with Crippen LogP contribution in [-0.4, -0.2) is 29.3 Å². The average Bonchev–Trinajstić information content (AvgIpc) is 2.65. The lowest BCUT2D eigenvalue weighted by Crippen LogP contribution is -2.39. The van der Waals surface area contributed by atoms with Crippen molar-refractivity contribution in [3.8, 4) is 0 Å². The molecule has 1 unspecified atom stereocenters. The fourth-order valence-electron chi connectivity index (χ4n) is 2.55. The molecule has 0 spiro atoms. The second kappa shape index (κ2) is 9.18. The summed E-state index contributed by atoms with van der Waals surface area (Å²) in [6, 6.07) is 14.9. The molecule has 5 nitrogen and oxygen atoms in total. The van der Waals surface area contributed by atoms with Gasteiger partial charge < -0.3 is 15.7 Å². The Bertz CT molecular complexity index is 605. The second-order valence-corrected chi connectivity index (χ2v) is 6.92.